The molecule has 6 nitrogen and oxygen atoms in total. The van der Waals surface area contributed by atoms with Crippen LogP contribution in [0.4, 0.5) is 5.69 Å². The fourth-order valence-electron chi connectivity index (χ4n) is 5.55. The second kappa shape index (κ2) is 10.9. The zero-order valence-electron chi connectivity index (χ0n) is 20.1. The molecule has 1 atom stereocenters. The Balaban J connectivity index is 1.52. The van der Waals surface area contributed by atoms with Crippen LogP contribution in [-0.4, -0.2) is 22.8 Å². The minimum Gasteiger partial charge on any atom is -0.459 e. The van der Waals surface area contributed by atoms with Gasteiger partial charge in [-0.25, -0.2) is 0 Å². The van der Waals surface area contributed by atoms with Crippen LogP contribution in [-0.2, 0) is 4.79 Å². The molecule has 2 fully saturated rings. The summed E-state index contributed by atoms with van der Waals surface area (Å²) in [5.74, 6) is 0.215. The highest BCUT2D eigenvalue weighted by Crippen LogP contribution is 2.35. The zero-order valence-corrected chi connectivity index (χ0v) is 20.1. The van der Waals surface area contributed by atoms with Crippen molar-refractivity contribution in [1.29, 1.82) is 0 Å². The topological polar surface area (TPSA) is 75.4 Å². The van der Waals surface area contributed by atoms with Crippen molar-refractivity contribution in [3.8, 4) is 0 Å². The van der Waals surface area contributed by atoms with Crippen LogP contribution in [0, 0.1) is 0 Å². The average Bonchev–Trinajstić information content (AvgIpc) is 3.63. The summed E-state index contributed by atoms with van der Waals surface area (Å²) in [4.78, 5) is 33.3. The van der Waals surface area contributed by atoms with E-state index in [1.807, 2.05) is 18.2 Å². The van der Waals surface area contributed by atoms with E-state index in [2.05, 4.69) is 22.4 Å². The predicted molar refractivity (Wildman–Crippen MR) is 135 cm³/mol. The molecule has 2 aliphatic rings. The monoisotopic (exact) mass is 471 g/mol. The number of carbonyl (C=O) groups is 2. The van der Waals surface area contributed by atoms with Gasteiger partial charge < -0.3 is 9.73 Å². The Morgan fingerprint density at radius 3 is 2.31 bits per heavy atom. The molecular weight excluding hydrogens is 438 g/mol. The summed E-state index contributed by atoms with van der Waals surface area (Å²) in [7, 11) is 0. The van der Waals surface area contributed by atoms with Crippen molar-refractivity contribution in [3.63, 3.8) is 0 Å². The van der Waals surface area contributed by atoms with Gasteiger partial charge >= 0.3 is 0 Å². The van der Waals surface area contributed by atoms with Gasteiger partial charge in [-0.1, -0.05) is 50.3 Å². The van der Waals surface area contributed by atoms with Gasteiger partial charge in [0.15, 0.2) is 5.76 Å². The number of nitrogens with one attached hydrogen (secondary N) is 1. The van der Waals surface area contributed by atoms with Gasteiger partial charge in [-0.2, -0.15) is 0 Å². The standard InChI is InChI=1S/C29H33N3O3/c33-28(31-24-11-4-5-12-24)27(23-10-6-18-30-20-23)32(29(34)26-13-7-19-35-26)25-16-14-22(15-17-25)21-8-2-1-3-9-21/h6-7,10,13-21,24,27H,1-5,8-9,11-12H2,(H,31,33)/t27-/m1/s1. The molecule has 0 radical (unpaired) electrons. The van der Waals surface area contributed by atoms with Crippen molar-refractivity contribution in [2.75, 3.05) is 4.90 Å². The average molecular weight is 472 g/mol. The molecule has 2 aliphatic carbocycles. The van der Waals surface area contributed by atoms with Crippen LogP contribution in [0.3, 0.4) is 0 Å². The Labute approximate surface area is 206 Å². The van der Waals surface area contributed by atoms with E-state index in [4.69, 9.17) is 4.42 Å². The van der Waals surface area contributed by atoms with Crippen LogP contribution in [0.5, 0.6) is 0 Å². The molecule has 35 heavy (non-hydrogen) atoms. The number of nitrogens with zero attached hydrogens (tertiary/aromatic N) is 2. The SMILES string of the molecule is O=C(NC1CCCC1)[C@@H](c1cccnc1)N(C(=O)c1ccco1)c1ccc(C2CCCCC2)cc1. The number of furan rings is 1. The zero-order chi connectivity index (χ0) is 24.0. The molecule has 182 valence electrons. The molecule has 0 unspecified atom stereocenters. The lowest BCUT2D eigenvalue weighted by molar-refractivity contribution is -0.123. The maximum absolute atomic E-state index is 13.8. The minimum absolute atomic E-state index is 0.135. The molecule has 0 aliphatic heterocycles. The van der Waals surface area contributed by atoms with Crippen LogP contribution >= 0.6 is 0 Å². The molecule has 3 aromatic rings. The van der Waals surface area contributed by atoms with Crippen LogP contribution in [0.25, 0.3) is 0 Å². The largest absolute Gasteiger partial charge is 0.459 e. The van der Waals surface area contributed by atoms with Gasteiger partial charge in [-0.3, -0.25) is 19.5 Å². The number of benzene rings is 1. The number of rotatable bonds is 7. The highest BCUT2D eigenvalue weighted by molar-refractivity contribution is 6.08. The first-order chi connectivity index (χ1) is 17.2. The molecule has 2 amide bonds. The fraction of sp³-hybridized carbons (Fsp3) is 0.414. The number of hydrogen-bond acceptors (Lipinski definition) is 4. The molecule has 2 aromatic heterocycles. The molecule has 2 saturated carbocycles. The van der Waals surface area contributed by atoms with E-state index in [0.717, 1.165) is 25.7 Å². The second-order valence-corrected chi connectivity index (χ2v) is 9.76. The molecule has 5 rings (SSSR count). The Morgan fingerprint density at radius 2 is 1.66 bits per heavy atom. The van der Waals surface area contributed by atoms with Crippen molar-refractivity contribution in [3.05, 3.63) is 84.1 Å². The van der Waals surface area contributed by atoms with E-state index < -0.39 is 6.04 Å². The number of hydrogen-bond donors (Lipinski definition) is 1. The lowest BCUT2D eigenvalue weighted by atomic mass is 9.84. The van der Waals surface area contributed by atoms with Crippen molar-refractivity contribution >= 4 is 17.5 Å². The third kappa shape index (κ3) is 5.31. The summed E-state index contributed by atoms with van der Waals surface area (Å²) in [6, 6.07) is 14.4. The first kappa shape index (κ1) is 23.3. The highest BCUT2D eigenvalue weighted by Gasteiger charge is 2.36. The maximum Gasteiger partial charge on any atom is 0.294 e. The molecule has 1 N–H and O–H groups in total. The number of amides is 2. The lowest BCUT2D eigenvalue weighted by Gasteiger charge is -2.32. The van der Waals surface area contributed by atoms with E-state index in [-0.39, 0.29) is 23.6 Å². The Hall–Kier alpha value is -3.41. The van der Waals surface area contributed by atoms with Crippen LogP contribution in [0.2, 0.25) is 0 Å². The van der Waals surface area contributed by atoms with E-state index in [1.165, 1.54) is 43.9 Å². The van der Waals surface area contributed by atoms with E-state index in [9.17, 15) is 9.59 Å². The summed E-state index contributed by atoms with van der Waals surface area (Å²) >= 11 is 0. The summed E-state index contributed by atoms with van der Waals surface area (Å²) in [6.07, 6.45) is 15.2. The maximum atomic E-state index is 13.8. The number of anilines is 1. The lowest BCUT2D eigenvalue weighted by Crippen LogP contribution is -2.46. The molecule has 0 spiro atoms. The Morgan fingerprint density at radius 1 is 0.914 bits per heavy atom. The molecular formula is C29H33N3O3. The molecule has 1 aromatic carbocycles. The smallest absolute Gasteiger partial charge is 0.294 e. The summed E-state index contributed by atoms with van der Waals surface area (Å²) < 4.78 is 5.48. The number of carbonyl (C=O) groups excluding carboxylic acids is 2. The van der Waals surface area contributed by atoms with Crippen LogP contribution in [0.1, 0.15) is 91.4 Å². The highest BCUT2D eigenvalue weighted by atomic mass is 16.3. The quantitative estimate of drug-likeness (QED) is 0.447. The third-order valence-electron chi connectivity index (χ3n) is 7.41. The van der Waals surface area contributed by atoms with Gasteiger partial charge in [0.1, 0.15) is 6.04 Å². The van der Waals surface area contributed by atoms with Gasteiger partial charge in [0.05, 0.1) is 6.26 Å². The summed E-state index contributed by atoms with van der Waals surface area (Å²) in [5, 5.41) is 3.20. The normalized spacial score (nSPS) is 17.7. The molecule has 6 heteroatoms. The van der Waals surface area contributed by atoms with Gasteiger partial charge in [-0.15, -0.1) is 0 Å². The van der Waals surface area contributed by atoms with Gasteiger partial charge in [0, 0.05) is 29.7 Å². The second-order valence-electron chi connectivity index (χ2n) is 9.76. The van der Waals surface area contributed by atoms with Gasteiger partial charge in [0.25, 0.3) is 5.91 Å². The van der Waals surface area contributed by atoms with Crippen molar-refractivity contribution in [2.45, 2.75) is 75.8 Å². The molecule has 2 heterocycles. The van der Waals surface area contributed by atoms with Crippen LogP contribution < -0.4 is 10.2 Å². The fourth-order valence-corrected chi connectivity index (χ4v) is 5.55. The number of aromatic nitrogens is 1. The third-order valence-corrected chi connectivity index (χ3v) is 7.41. The van der Waals surface area contributed by atoms with E-state index in [1.54, 1.807) is 35.5 Å². The van der Waals surface area contributed by atoms with Crippen LogP contribution in [0.15, 0.2) is 71.6 Å². The minimum atomic E-state index is -0.859. The summed E-state index contributed by atoms with van der Waals surface area (Å²) in [5.41, 5.74) is 2.63. The van der Waals surface area contributed by atoms with Crippen molar-refractivity contribution in [2.24, 2.45) is 0 Å². The Kier molecular flexibility index (Phi) is 7.26. The predicted octanol–water partition coefficient (Wildman–Crippen LogP) is 6.17. The molecule has 0 saturated heterocycles. The first-order valence-corrected chi connectivity index (χ1v) is 12.9. The van der Waals surface area contributed by atoms with E-state index in [0.29, 0.717) is 17.2 Å². The molecule has 0 bridgehead atoms. The first-order valence-electron chi connectivity index (χ1n) is 12.9. The van der Waals surface area contributed by atoms with Crippen molar-refractivity contribution < 1.29 is 14.0 Å². The van der Waals surface area contributed by atoms with Gasteiger partial charge in [0.2, 0.25) is 5.91 Å². The Bertz CT molecular complexity index is 1100. The van der Waals surface area contributed by atoms with E-state index >= 15 is 0 Å². The van der Waals surface area contributed by atoms with Crippen molar-refractivity contribution in [1.82, 2.24) is 10.3 Å². The van der Waals surface area contributed by atoms with Gasteiger partial charge in [-0.05, 0) is 67.5 Å². The number of pyridine rings is 1. The summed E-state index contributed by atoms with van der Waals surface area (Å²) in [6.45, 7) is 0.